The maximum atomic E-state index is 14.6. The molecule has 9 heteroatoms. The number of benzene rings is 5. The molecule has 0 aliphatic carbocycles. The van der Waals surface area contributed by atoms with Gasteiger partial charge >= 0.3 is 16.1 Å². The average molecular weight is 624 g/mol. The van der Waals surface area contributed by atoms with Crippen LogP contribution in [0, 0.1) is 6.92 Å². The van der Waals surface area contributed by atoms with E-state index in [-0.39, 0.29) is 4.90 Å². The van der Waals surface area contributed by atoms with Crippen LogP contribution in [0.3, 0.4) is 0 Å². The smallest absolute Gasteiger partial charge is 0.256 e. The van der Waals surface area contributed by atoms with Crippen LogP contribution in [0.1, 0.15) is 5.56 Å². The Hall–Kier alpha value is -5.48. The number of carbonyl (C=O) groups is 1. The number of hydrogen-bond acceptors (Lipinski definition) is 6. The van der Waals surface area contributed by atoms with Crippen LogP contribution in [-0.4, -0.2) is 31.5 Å². The lowest BCUT2D eigenvalue weighted by Crippen LogP contribution is -2.51. The molecule has 1 aliphatic heterocycles. The first-order valence-electron chi connectivity index (χ1n) is 14.7. The fourth-order valence-corrected chi connectivity index (χ4v) is 7.26. The number of nitrogens with zero attached hydrogens (tertiary/aromatic N) is 4. The second kappa shape index (κ2) is 10.3. The molecule has 8 rings (SSSR count). The van der Waals surface area contributed by atoms with E-state index in [4.69, 9.17) is 4.28 Å². The van der Waals surface area contributed by atoms with Crippen molar-refractivity contribution in [3.63, 3.8) is 0 Å². The molecule has 2 amide bonds. The zero-order valence-corrected chi connectivity index (χ0v) is 25.8. The molecule has 2 aromatic heterocycles. The van der Waals surface area contributed by atoms with E-state index in [0.717, 1.165) is 38.4 Å². The van der Waals surface area contributed by atoms with Crippen LogP contribution in [0.25, 0.3) is 43.7 Å². The number of hydroxylamine groups is 1. The van der Waals surface area contributed by atoms with E-state index in [0.29, 0.717) is 28.0 Å². The molecule has 3 heterocycles. The van der Waals surface area contributed by atoms with Crippen LogP contribution in [0.5, 0.6) is 0 Å². The van der Waals surface area contributed by atoms with Crippen LogP contribution in [0.2, 0.25) is 0 Å². The van der Waals surface area contributed by atoms with Crippen molar-refractivity contribution < 1.29 is 17.5 Å². The van der Waals surface area contributed by atoms with E-state index < -0.39 is 20.8 Å². The van der Waals surface area contributed by atoms with Crippen molar-refractivity contribution in [1.29, 1.82) is 0 Å². The van der Waals surface area contributed by atoms with Gasteiger partial charge in [0.15, 0.2) is 5.69 Å². The van der Waals surface area contributed by atoms with Gasteiger partial charge in [-0.15, -0.1) is 0 Å². The molecule has 0 spiro atoms. The topological polar surface area (TPSA) is 89.5 Å². The van der Waals surface area contributed by atoms with Crippen LogP contribution >= 0.6 is 0 Å². The normalized spacial score (nSPS) is 16.4. The van der Waals surface area contributed by atoms with Gasteiger partial charge in [0.05, 0.1) is 27.5 Å². The summed E-state index contributed by atoms with van der Waals surface area (Å²) >= 11 is 0. The van der Waals surface area contributed by atoms with Gasteiger partial charge in [0.1, 0.15) is 5.69 Å². The third-order valence-corrected chi connectivity index (χ3v) is 9.86. The highest BCUT2D eigenvalue weighted by atomic mass is 32.2. The molecule has 8 nitrogen and oxygen atoms in total. The van der Waals surface area contributed by atoms with Gasteiger partial charge in [-0.2, -0.15) is 8.42 Å². The summed E-state index contributed by atoms with van der Waals surface area (Å²) in [6.07, 6.45) is 3.40. The number of urea groups is 1. The van der Waals surface area contributed by atoms with Gasteiger partial charge in [0.25, 0.3) is 0 Å². The molecular weight excluding hydrogens is 596 g/mol. The molecule has 0 fully saturated rings. The largest absolute Gasteiger partial charge is 0.468 e. The minimum absolute atomic E-state index is 0.0541. The maximum absolute atomic E-state index is 14.6. The summed E-state index contributed by atoms with van der Waals surface area (Å²) in [5.41, 5.74) is 5.21. The SMILES string of the molecule is Cc1ccc(S(=O)(=O)O[N+]2(c3ccc4ccccc4c3)C(=O)N(C)c3cnc4ccc(-c5cnc6ccccc6c5)cc4c32)cc1. The van der Waals surface area contributed by atoms with E-state index in [9.17, 15) is 13.2 Å². The third kappa shape index (κ3) is 4.28. The first-order valence-corrected chi connectivity index (χ1v) is 16.1. The van der Waals surface area contributed by atoms with Gasteiger partial charge < -0.3 is 0 Å². The van der Waals surface area contributed by atoms with E-state index in [1.807, 2.05) is 85.8 Å². The van der Waals surface area contributed by atoms with Crippen LogP contribution < -0.4 is 9.55 Å². The molecule has 1 unspecified atom stereocenters. The molecule has 0 saturated carbocycles. The lowest BCUT2D eigenvalue weighted by atomic mass is 10.0. The lowest BCUT2D eigenvalue weighted by Gasteiger charge is -2.27. The zero-order chi connectivity index (χ0) is 31.6. The highest BCUT2D eigenvalue weighted by molar-refractivity contribution is 7.86. The molecule has 224 valence electrons. The van der Waals surface area contributed by atoms with Crippen molar-refractivity contribution >= 4 is 65.8 Å². The predicted molar refractivity (Wildman–Crippen MR) is 181 cm³/mol. The second-order valence-electron chi connectivity index (χ2n) is 11.5. The molecule has 5 aromatic carbocycles. The summed E-state index contributed by atoms with van der Waals surface area (Å²) in [5.74, 6) is 0. The third-order valence-electron chi connectivity index (χ3n) is 8.59. The maximum Gasteiger partial charge on any atom is 0.468 e. The van der Waals surface area contributed by atoms with Crippen molar-refractivity contribution in [2.24, 2.45) is 0 Å². The summed E-state index contributed by atoms with van der Waals surface area (Å²) in [4.78, 5) is 25.3. The van der Waals surface area contributed by atoms with Gasteiger partial charge in [-0.25, -0.2) is 4.79 Å². The van der Waals surface area contributed by atoms with Gasteiger partial charge in [-0.1, -0.05) is 66.2 Å². The Morgan fingerprint density at radius 3 is 2.22 bits per heavy atom. The van der Waals surface area contributed by atoms with Crippen molar-refractivity contribution in [2.75, 3.05) is 11.9 Å². The van der Waals surface area contributed by atoms with Crippen LogP contribution in [-0.2, 0) is 14.4 Å². The molecular formula is C37H27N4O4S+. The number of anilines is 1. The van der Waals surface area contributed by atoms with E-state index >= 15 is 0 Å². The first kappa shape index (κ1) is 28.0. The second-order valence-corrected chi connectivity index (χ2v) is 13.0. The van der Waals surface area contributed by atoms with Gasteiger partial charge in [-0.05, 0) is 74.7 Å². The van der Waals surface area contributed by atoms with Crippen molar-refractivity contribution in [3.8, 4) is 11.1 Å². The minimum Gasteiger partial charge on any atom is -0.256 e. The molecule has 0 bridgehead atoms. The number of rotatable bonds is 5. The number of pyridine rings is 2. The van der Waals surface area contributed by atoms with E-state index in [1.165, 1.54) is 17.0 Å². The zero-order valence-electron chi connectivity index (χ0n) is 25.0. The Bertz CT molecular complexity index is 2480. The van der Waals surface area contributed by atoms with E-state index in [2.05, 4.69) is 16.0 Å². The number of quaternary nitrogens is 1. The summed E-state index contributed by atoms with van der Waals surface area (Å²) in [7, 11) is -2.87. The van der Waals surface area contributed by atoms with Gasteiger partial charge in [0, 0.05) is 36.3 Å². The highest BCUT2D eigenvalue weighted by Crippen LogP contribution is 2.53. The molecule has 0 radical (unpaired) electrons. The number of aryl methyl sites for hydroxylation is 1. The minimum atomic E-state index is -4.48. The Labute approximate surface area is 265 Å². The van der Waals surface area contributed by atoms with E-state index in [1.54, 1.807) is 37.6 Å². The average Bonchev–Trinajstić information content (AvgIpc) is 3.30. The number of carbonyl (C=O) groups excluding carboxylic acids is 1. The quantitative estimate of drug-likeness (QED) is 0.179. The molecule has 0 saturated heterocycles. The summed E-state index contributed by atoms with van der Waals surface area (Å²) < 4.78 is 33.5. The number of hydrogen-bond donors (Lipinski definition) is 0. The standard InChI is InChI=1S/C37H27N4O4S/c1-24-11-16-31(17-12-24)46(43,44)45-41(30-15-13-25-7-3-4-8-26(25)20-30)36-32-21-27(29-19-28-9-5-6-10-33(28)38-22-29)14-18-34(32)39-23-35(36)40(2)37(41)42/h3-23H,1-2H3/q+1. The fourth-order valence-electron chi connectivity index (χ4n) is 6.18. The Morgan fingerprint density at radius 2 is 1.41 bits per heavy atom. The fraction of sp³-hybridized carbons (Fsp3) is 0.0541. The van der Waals surface area contributed by atoms with Crippen molar-refractivity contribution in [2.45, 2.75) is 11.8 Å². The molecule has 1 atom stereocenters. The van der Waals surface area contributed by atoms with Gasteiger partial charge in [0.2, 0.25) is 5.69 Å². The Balaban J connectivity index is 1.42. The summed E-state index contributed by atoms with van der Waals surface area (Å²) in [6, 6.07) is 34.6. The molecule has 7 aromatic rings. The molecule has 1 aliphatic rings. The molecule has 0 N–H and O–H groups in total. The first-order chi connectivity index (χ1) is 22.2. The predicted octanol–water partition coefficient (Wildman–Crippen LogP) is 8.44. The number of para-hydroxylation sites is 1. The van der Waals surface area contributed by atoms with Crippen molar-refractivity contribution in [3.05, 3.63) is 133 Å². The van der Waals surface area contributed by atoms with Crippen LogP contribution in [0.15, 0.2) is 133 Å². The van der Waals surface area contributed by atoms with Gasteiger partial charge in [-0.3, -0.25) is 14.9 Å². The number of aromatic nitrogens is 2. The summed E-state index contributed by atoms with van der Waals surface area (Å²) in [6.45, 7) is 1.87. The highest BCUT2D eigenvalue weighted by Gasteiger charge is 2.60. The number of fused-ring (bicyclic) bond motifs is 5. The van der Waals surface area contributed by atoms with Crippen LogP contribution in [0.4, 0.5) is 21.9 Å². The Morgan fingerprint density at radius 1 is 0.696 bits per heavy atom. The lowest BCUT2D eigenvalue weighted by molar-refractivity contribution is 0.0640. The Kier molecular flexibility index (Phi) is 6.26. The molecule has 46 heavy (non-hydrogen) atoms. The summed E-state index contributed by atoms with van der Waals surface area (Å²) in [5, 5.41) is 3.34. The monoisotopic (exact) mass is 623 g/mol. The van der Waals surface area contributed by atoms with Crippen molar-refractivity contribution in [1.82, 2.24) is 14.6 Å². The number of amides is 2.